The number of rotatable bonds is 8. The molecule has 0 amide bonds. The van der Waals surface area contributed by atoms with Gasteiger partial charge in [-0.1, -0.05) is 0 Å². The van der Waals surface area contributed by atoms with Crippen molar-refractivity contribution in [2.45, 2.75) is 26.4 Å². The maximum atomic E-state index is 10.3. The number of anilines is 3. The molecule has 8 heteroatoms. The van der Waals surface area contributed by atoms with Gasteiger partial charge in [-0.2, -0.15) is 15.0 Å². The van der Waals surface area contributed by atoms with Crippen LogP contribution in [0.2, 0.25) is 0 Å². The molecule has 0 aliphatic heterocycles. The molecule has 0 saturated heterocycles. The van der Waals surface area contributed by atoms with Crippen molar-refractivity contribution in [1.82, 2.24) is 19.9 Å². The predicted octanol–water partition coefficient (Wildman–Crippen LogP) is 0.0245. The van der Waals surface area contributed by atoms with Crippen molar-refractivity contribution in [3.05, 3.63) is 0 Å². The number of hydrogen-bond acceptors (Lipinski definition) is 8. The molecule has 0 aromatic carbocycles. The number of likely N-dealkylation sites (N-methyl/N-ethyl adjacent to an activating group) is 1. The van der Waals surface area contributed by atoms with Crippen LogP contribution in [0, 0.1) is 0 Å². The second-order valence-corrected chi connectivity index (χ2v) is 5.58. The summed E-state index contributed by atoms with van der Waals surface area (Å²) in [6.45, 7) is 8.25. The lowest BCUT2D eigenvalue weighted by molar-refractivity contribution is 0.0458. The van der Waals surface area contributed by atoms with Crippen LogP contribution in [-0.2, 0) is 0 Å². The Bertz CT molecular complexity index is 446. The minimum absolute atomic E-state index is 0.168. The number of hydrogen-bond donors (Lipinski definition) is 3. The van der Waals surface area contributed by atoms with Crippen LogP contribution in [0.5, 0.6) is 0 Å². The molecule has 0 fully saturated rings. The van der Waals surface area contributed by atoms with Gasteiger partial charge in [0.2, 0.25) is 17.8 Å². The largest absolute Gasteiger partial charge is 0.387 e. The molecule has 1 rings (SSSR count). The Morgan fingerprint density at radius 3 is 2.33 bits per heavy atom. The molecule has 0 saturated carbocycles. The Morgan fingerprint density at radius 1 is 1.19 bits per heavy atom. The highest BCUT2D eigenvalue weighted by molar-refractivity contribution is 5.41. The van der Waals surface area contributed by atoms with Gasteiger partial charge >= 0.3 is 0 Å². The van der Waals surface area contributed by atoms with Gasteiger partial charge in [0.05, 0.1) is 5.60 Å². The Labute approximate surface area is 126 Å². The van der Waals surface area contributed by atoms with Gasteiger partial charge in [0.1, 0.15) is 0 Å². The quantitative estimate of drug-likeness (QED) is 0.617. The summed E-state index contributed by atoms with van der Waals surface area (Å²) in [6, 6.07) is 0. The second kappa shape index (κ2) is 7.37. The molecule has 1 unspecified atom stereocenters. The number of aliphatic hydroxyl groups is 1. The lowest BCUT2D eigenvalue weighted by atomic mass is 10.1. The van der Waals surface area contributed by atoms with Crippen molar-refractivity contribution in [3.63, 3.8) is 0 Å². The zero-order valence-corrected chi connectivity index (χ0v) is 13.6. The fourth-order valence-corrected chi connectivity index (χ4v) is 2.11. The summed E-state index contributed by atoms with van der Waals surface area (Å²) in [5.41, 5.74) is 4.84. The number of aromatic nitrogens is 3. The first kappa shape index (κ1) is 17.4. The van der Waals surface area contributed by atoms with Crippen LogP contribution < -0.4 is 16.0 Å². The molecule has 0 aliphatic rings. The van der Waals surface area contributed by atoms with Gasteiger partial charge < -0.3 is 26.0 Å². The summed E-state index contributed by atoms with van der Waals surface area (Å²) in [5.74, 6) is 1.09. The normalized spacial score (nSPS) is 14.0. The third-order valence-corrected chi connectivity index (χ3v) is 2.97. The van der Waals surface area contributed by atoms with Crippen LogP contribution in [0.15, 0.2) is 0 Å². The van der Waals surface area contributed by atoms with E-state index in [0.717, 1.165) is 13.1 Å². The molecule has 21 heavy (non-hydrogen) atoms. The highest BCUT2D eigenvalue weighted by atomic mass is 16.3. The summed E-state index contributed by atoms with van der Waals surface area (Å²) in [4.78, 5) is 16.5. The number of nitrogens with two attached hydrogens (primary N) is 1. The van der Waals surface area contributed by atoms with Crippen molar-refractivity contribution in [3.8, 4) is 0 Å². The van der Waals surface area contributed by atoms with E-state index in [1.807, 2.05) is 37.7 Å². The maximum absolute atomic E-state index is 10.3. The Balaban J connectivity index is 2.80. The van der Waals surface area contributed by atoms with Gasteiger partial charge in [0, 0.05) is 26.2 Å². The van der Waals surface area contributed by atoms with Crippen molar-refractivity contribution in [1.29, 1.82) is 0 Å². The monoisotopic (exact) mass is 297 g/mol. The van der Waals surface area contributed by atoms with Gasteiger partial charge in [-0.25, -0.2) is 0 Å². The molecule has 1 heterocycles. The van der Waals surface area contributed by atoms with Crippen LogP contribution in [0.1, 0.15) is 20.8 Å². The van der Waals surface area contributed by atoms with Gasteiger partial charge in [-0.15, -0.1) is 0 Å². The molecule has 120 valence electrons. The average molecular weight is 297 g/mol. The first-order chi connectivity index (χ1) is 9.77. The first-order valence-electron chi connectivity index (χ1n) is 7.15. The Kier molecular flexibility index (Phi) is 6.10. The number of nitrogens with zero attached hydrogens (tertiary/aromatic N) is 5. The highest BCUT2D eigenvalue weighted by Crippen LogP contribution is 2.13. The summed E-state index contributed by atoms with van der Waals surface area (Å²) < 4.78 is 0. The van der Waals surface area contributed by atoms with Crippen LogP contribution in [0.25, 0.3) is 0 Å². The summed E-state index contributed by atoms with van der Waals surface area (Å²) in [7, 11) is 3.82. The van der Waals surface area contributed by atoms with E-state index in [4.69, 9.17) is 5.73 Å². The van der Waals surface area contributed by atoms with E-state index in [0.29, 0.717) is 25.0 Å². The van der Waals surface area contributed by atoms with Crippen molar-refractivity contribution in [2.24, 2.45) is 0 Å². The molecule has 8 nitrogen and oxygen atoms in total. The molecule has 1 aromatic rings. The van der Waals surface area contributed by atoms with Crippen molar-refractivity contribution >= 4 is 17.8 Å². The SMILES string of the molecule is CCN(CC)c1nc(N)nc(NCC(C)(O)CN(C)C)n1. The minimum atomic E-state index is -0.889. The topological polar surface area (TPSA) is 103 Å². The third-order valence-electron chi connectivity index (χ3n) is 2.97. The lowest BCUT2D eigenvalue weighted by Gasteiger charge is -2.27. The molecule has 1 aromatic heterocycles. The van der Waals surface area contributed by atoms with Crippen molar-refractivity contribution in [2.75, 3.05) is 56.2 Å². The molecule has 4 N–H and O–H groups in total. The van der Waals surface area contributed by atoms with E-state index in [9.17, 15) is 5.11 Å². The number of nitrogen functional groups attached to an aromatic ring is 1. The standard InChI is InChI=1S/C13H27N7O/c1-6-20(7-2)12-17-10(14)16-11(18-12)15-8-13(3,21)9-19(4)5/h21H,6-9H2,1-5H3,(H3,14,15,16,17,18). The fraction of sp³-hybridized carbons (Fsp3) is 0.769. The molecule has 0 bridgehead atoms. The van der Waals surface area contributed by atoms with Crippen LogP contribution in [0.3, 0.4) is 0 Å². The fourth-order valence-electron chi connectivity index (χ4n) is 2.11. The van der Waals surface area contributed by atoms with Gasteiger partial charge in [0.25, 0.3) is 0 Å². The van der Waals surface area contributed by atoms with E-state index in [1.54, 1.807) is 6.92 Å². The number of nitrogens with one attached hydrogen (secondary N) is 1. The third kappa shape index (κ3) is 5.68. The van der Waals surface area contributed by atoms with Crippen LogP contribution in [-0.4, -0.2) is 70.8 Å². The Hall–Kier alpha value is -1.67. The lowest BCUT2D eigenvalue weighted by Crippen LogP contribution is -2.43. The molecule has 0 radical (unpaired) electrons. The second-order valence-electron chi connectivity index (χ2n) is 5.58. The maximum Gasteiger partial charge on any atom is 0.231 e. The molecule has 0 aliphatic carbocycles. The highest BCUT2D eigenvalue weighted by Gasteiger charge is 2.22. The zero-order valence-electron chi connectivity index (χ0n) is 13.6. The summed E-state index contributed by atoms with van der Waals surface area (Å²) in [6.07, 6.45) is 0. The minimum Gasteiger partial charge on any atom is -0.387 e. The van der Waals surface area contributed by atoms with Gasteiger partial charge in [0.15, 0.2) is 0 Å². The Morgan fingerprint density at radius 2 is 1.81 bits per heavy atom. The average Bonchev–Trinajstić information content (AvgIpc) is 2.36. The van der Waals surface area contributed by atoms with E-state index in [2.05, 4.69) is 20.3 Å². The molecule has 1 atom stereocenters. The summed E-state index contributed by atoms with van der Waals surface area (Å²) >= 11 is 0. The molecular weight excluding hydrogens is 270 g/mol. The van der Waals surface area contributed by atoms with Crippen LogP contribution in [0.4, 0.5) is 17.8 Å². The smallest absolute Gasteiger partial charge is 0.231 e. The van der Waals surface area contributed by atoms with E-state index < -0.39 is 5.60 Å². The van der Waals surface area contributed by atoms with Gasteiger partial charge in [-0.05, 0) is 34.9 Å². The van der Waals surface area contributed by atoms with E-state index in [1.165, 1.54) is 0 Å². The zero-order chi connectivity index (χ0) is 16.0. The summed E-state index contributed by atoms with van der Waals surface area (Å²) in [5, 5.41) is 13.3. The first-order valence-corrected chi connectivity index (χ1v) is 7.15. The van der Waals surface area contributed by atoms with E-state index in [-0.39, 0.29) is 5.95 Å². The molecule has 0 spiro atoms. The van der Waals surface area contributed by atoms with Gasteiger partial charge in [-0.3, -0.25) is 0 Å². The van der Waals surface area contributed by atoms with Crippen LogP contribution >= 0.6 is 0 Å². The van der Waals surface area contributed by atoms with E-state index >= 15 is 0 Å². The predicted molar refractivity (Wildman–Crippen MR) is 85.5 cm³/mol. The molecular formula is C13H27N7O. The van der Waals surface area contributed by atoms with Crippen molar-refractivity contribution < 1.29 is 5.11 Å².